The molecule has 1 N–H and O–H groups in total. The summed E-state index contributed by atoms with van der Waals surface area (Å²) < 4.78 is 1.76. The highest BCUT2D eigenvalue weighted by Gasteiger charge is 2.39. The summed E-state index contributed by atoms with van der Waals surface area (Å²) in [6, 6.07) is 2.25. The largest absolute Gasteiger partial charge is 0.351 e. The first-order valence-corrected chi connectivity index (χ1v) is 7.32. The highest BCUT2D eigenvalue weighted by molar-refractivity contribution is 5.85. The van der Waals surface area contributed by atoms with Crippen molar-refractivity contribution in [1.29, 1.82) is 5.26 Å². The molecule has 1 amide bonds. The third kappa shape index (κ3) is 2.84. The SMILES string of the molecule is CCc1nn(C)cc1CNC(=O)C1(C#N)CCCCC1. The minimum absolute atomic E-state index is 0.120. The van der Waals surface area contributed by atoms with E-state index < -0.39 is 5.41 Å². The molecule has 5 heteroatoms. The summed E-state index contributed by atoms with van der Waals surface area (Å²) in [6.07, 6.45) is 7.20. The Bertz CT molecular complexity index is 520. The number of amides is 1. The minimum atomic E-state index is -0.813. The predicted octanol–water partition coefficient (Wildman–Crippen LogP) is 2.07. The topological polar surface area (TPSA) is 70.7 Å². The Morgan fingerprint density at radius 1 is 1.50 bits per heavy atom. The zero-order valence-electron chi connectivity index (χ0n) is 12.3. The predicted molar refractivity (Wildman–Crippen MR) is 75.6 cm³/mol. The normalized spacial score (nSPS) is 17.4. The van der Waals surface area contributed by atoms with Crippen molar-refractivity contribution < 1.29 is 4.79 Å². The first kappa shape index (κ1) is 14.6. The molecule has 1 aromatic heterocycles. The van der Waals surface area contributed by atoms with Gasteiger partial charge in [-0.3, -0.25) is 9.48 Å². The van der Waals surface area contributed by atoms with E-state index in [1.54, 1.807) is 4.68 Å². The van der Waals surface area contributed by atoms with Gasteiger partial charge in [0.1, 0.15) is 5.41 Å². The Kier molecular flexibility index (Phi) is 4.43. The number of nitrogens with zero attached hydrogens (tertiary/aromatic N) is 3. The molecule has 1 saturated carbocycles. The monoisotopic (exact) mass is 274 g/mol. The van der Waals surface area contributed by atoms with Crippen molar-refractivity contribution in [2.24, 2.45) is 12.5 Å². The third-order valence-corrected chi connectivity index (χ3v) is 4.12. The van der Waals surface area contributed by atoms with Gasteiger partial charge in [0, 0.05) is 25.4 Å². The van der Waals surface area contributed by atoms with E-state index in [2.05, 4.69) is 16.5 Å². The first-order valence-electron chi connectivity index (χ1n) is 7.32. The van der Waals surface area contributed by atoms with E-state index in [0.717, 1.165) is 36.9 Å². The van der Waals surface area contributed by atoms with Crippen molar-refractivity contribution in [2.75, 3.05) is 0 Å². The number of rotatable bonds is 4. The molecule has 0 spiro atoms. The van der Waals surface area contributed by atoms with Gasteiger partial charge in [-0.2, -0.15) is 10.4 Å². The van der Waals surface area contributed by atoms with Crippen LogP contribution in [0.4, 0.5) is 0 Å². The smallest absolute Gasteiger partial charge is 0.240 e. The minimum Gasteiger partial charge on any atom is -0.351 e. The zero-order chi connectivity index (χ0) is 14.6. The standard InChI is InChI=1S/C15H22N4O/c1-3-13-12(10-19(2)18-13)9-17-14(20)15(11-16)7-5-4-6-8-15/h10H,3-9H2,1-2H3,(H,17,20). The summed E-state index contributed by atoms with van der Waals surface area (Å²) in [5.41, 5.74) is 1.22. The average Bonchev–Trinajstić information content (AvgIpc) is 2.85. The fourth-order valence-corrected chi connectivity index (χ4v) is 2.92. The zero-order valence-corrected chi connectivity index (χ0v) is 12.3. The van der Waals surface area contributed by atoms with E-state index in [1.165, 1.54) is 0 Å². The molecule has 0 radical (unpaired) electrons. The number of carbonyl (C=O) groups excluding carboxylic acids is 1. The van der Waals surface area contributed by atoms with Gasteiger partial charge in [-0.15, -0.1) is 0 Å². The molecule has 20 heavy (non-hydrogen) atoms. The molecule has 2 rings (SSSR count). The molecule has 1 aromatic rings. The van der Waals surface area contributed by atoms with Gasteiger partial charge in [0.2, 0.25) is 5.91 Å². The number of nitrogens with one attached hydrogen (secondary N) is 1. The van der Waals surface area contributed by atoms with Crippen LogP contribution in [0, 0.1) is 16.7 Å². The second kappa shape index (κ2) is 6.08. The Balaban J connectivity index is 2.02. The highest BCUT2D eigenvalue weighted by atomic mass is 16.2. The maximum Gasteiger partial charge on any atom is 0.240 e. The summed E-state index contributed by atoms with van der Waals surface area (Å²) in [6.45, 7) is 2.50. The van der Waals surface area contributed by atoms with Gasteiger partial charge in [-0.25, -0.2) is 0 Å². The Morgan fingerprint density at radius 2 is 2.20 bits per heavy atom. The molecule has 1 heterocycles. The van der Waals surface area contributed by atoms with E-state index in [0.29, 0.717) is 19.4 Å². The van der Waals surface area contributed by atoms with E-state index in [-0.39, 0.29) is 5.91 Å². The fraction of sp³-hybridized carbons (Fsp3) is 0.667. The van der Waals surface area contributed by atoms with Gasteiger partial charge in [-0.1, -0.05) is 26.2 Å². The van der Waals surface area contributed by atoms with Crippen LogP contribution in [0.25, 0.3) is 0 Å². The van der Waals surface area contributed by atoms with Crippen LogP contribution < -0.4 is 5.32 Å². The molecule has 0 saturated heterocycles. The molecule has 0 unspecified atom stereocenters. The van der Waals surface area contributed by atoms with Crippen molar-refractivity contribution in [3.63, 3.8) is 0 Å². The Labute approximate surface area is 120 Å². The van der Waals surface area contributed by atoms with Crippen molar-refractivity contribution >= 4 is 5.91 Å². The summed E-state index contributed by atoms with van der Waals surface area (Å²) in [7, 11) is 1.88. The summed E-state index contributed by atoms with van der Waals surface area (Å²) in [5.74, 6) is -0.120. The lowest BCUT2D eigenvalue weighted by Crippen LogP contribution is -2.41. The van der Waals surface area contributed by atoms with Gasteiger partial charge < -0.3 is 5.32 Å². The highest BCUT2D eigenvalue weighted by Crippen LogP contribution is 2.35. The van der Waals surface area contributed by atoms with E-state index in [1.807, 2.05) is 20.2 Å². The van der Waals surface area contributed by atoms with Gasteiger partial charge in [-0.05, 0) is 19.3 Å². The molecule has 0 bridgehead atoms. The van der Waals surface area contributed by atoms with Crippen molar-refractivity contribution in [3.05, 3.63) is 17.5 Å². The van der Waals surface area contributed by atoms with Gasteiger partial charge >= 0.3 is 0 Å². The molecular formula is C15H22N4O. The third-order valence-electron chi connectivity index (χ3n) is 4.12. The Morgan fingerprint density at radius 3 is 2.80 bits per heavy atom. The summed E-state index contributed by atoms with van der Waals surface area (Å²) in [5, 5.41) is 16.7. The molecule has 108 valence electrons. The lowest BCUT2D eigenvalue weighted by molar-refractivity contribution is -0.129. The number of carbonyl (C=O) groups is 1. The van der Waals surface area contributed by atoms with Crippen LogP contribution in [0.2, 0.25) is 0 Å². The van der Waals surface area contributed by atoms with Crippen LogP contribution >= 0.6 is 0 Å². The quantitative estimate of drug-likeness (QED) is 0.913. The molecule has 0 atom stereocenters. The molecular weight excluding hydrogens is 252 g/mol. The molecule has 1 aliphatic rings. The number of nitriles is 1. The van der Waals surface area contributed by atoms with Crippen LogP contribution in [0.1, 0.15) is 50.3 Å². The maximum absolute atomic E-state index is 12.4. The summed E-state index contributed by atoms with van der Waals surface area (Å²) in [4.78, 5) is 12.4. The van der Waals surface area contributed by atoms with E-state index in [9.17, 15) is 10.1 Å². The van der Waals surface area contributed by atoms with Crippen molar-refractivity contribution in [1.82, 2.24) is 15.1 Å². The van der Waals surface area contributed by atoms with Crippen molar-refractivity contribution in [3.8, 4) is 6.07 Å². The number of hydrogen-bond acceptors (Lipinski definition) is 3. The van der Waals surface area contributed by atoms with Crippen molar-refractivity contribution in [2.45, 2.75) is 52.0 Å². The van der Waals surface area contributed by atoms with Gasteiger partial charge in [0.15, 0.2) is 0 Å². The van der Waals surface area contributed by atoms with Gasteiger partial charge in [0.25, 0.3) is 0 Å². The Hall–Kier alpha value is -1.83. The number of aromatic nitrogens is 2. The fourth-order valence-electron chi connectivity index (χ4n) is 2.92. The van der Waals surface area contributed by atoms with Crippen LogP contribution in [0.5, 0.6) is 0 Å². The van der Waals surface area contributed by atoms with E-state index >= 15 is 0 Å². The van der Waals surface area contributed by atoms with Crippen LogP contribution in [0.15, 0.2) is 6.20 Å². The second-order valence-corrected chi connectivity index (χ2v) is 5.57. The number of hydrogen-bond donors (Lipinski definition) is 1. The molecule has 1 aliphatic carbocycles. The summed E-state index contributed by atoms with van der Waals surface area (Å²) >= 11 is 0. The molecule has 0 aromatic carbocycles. The maximum atomic E-state index is 12.4. The van der Waals surface area contributed by atoms with Crippen LogP contribution in [-0.2, 0) is 24.8 Å². The lowest BCUT2D eigenvalue weighted by atomic mass is 9.74. The first-order chi connectivity index (χ1) is 9.61. The number of aryl methyl sites for hydroxylation is 2. The molecule has 0 aliphatic heterocycles. The van der Waals surface area contributed by atoms with E-state index in [4.69, 9.17) is 0 Å². The lowest BCUT2D eigenvalue weighted by Gasteiger charge is -2.29. The average molecular weight is 274 g/mol. The second-order valence-electron chi connectivity index (χ2n) is 5.57. The van der Waals surface area contributed by atoms with Crippen LogP contribution in [-0.4, -0.2) is 15.7 Å². The van der Waals surface area contributed by atoms with Gasteiger partial charge in [0.05, 0.1) is 11.8 Å². The molecule has 5 nitrogen and oxygen atoms in total. The van der Waals surface area contributed by atoms with Crippen LogP contribution in [0.3, 0.4) is 0 Å². The molecule has 1 fully saturated rings.